The lowest BCUT2D eigenvalue weighted by molar-refractivity contribution is -0.608. The van der Waals surface area contributed by atoms with Crippen LogP contribution in [0, 0.1) is 15.3 Å². The van der Waals surface area contributed by atoms with Crippen LogP contribution in [0.15, 0.2) is 48.7 Å². The summed E-state index contributed by atoms with van der Waals surface area (Å²) in [5, 5.41) is 24.5. The summed E-state index contributed by atoms with van der Waals surface area (Å²) < 4.78 is 5.01. The molecule has 0 aliphatic heterocycles. The number of rotatable bonds is 5. The van der Waals surface area contributed by atoms with Gasteiger partial charge in [-0.2, -0.15) is 4.73 Å². The van der Waals surface area contributed by atoms with E-state index in [0.29, 0.717) is 4.73 Å². The Morgan fingerprint density at radius 2 is 1.87 bits per heavy atom. The standard InChI is InChI=1S/C14H11N3O6/c18-13(15-10-5-1-2-6-11(10)17(21)22)9-23-14(19)12-7-3-4-8-16(12)20/h1-8H,9H2,(H,15,18). The first-order valence-electron chi connectivity index (χ1n) is 6.37. The second-order valence-corrected chi connectivity index (χ2v) is 4.31. The Morgan fingerprint density at radius 1 is 1.17 bits per heavy atom. The topological polar surface area (TPSA) is 125 Å². The van der Waals surface area contributed by atoms with Crippen molar-refractivity contribution in [1.29, 1.82) is 0 Å². The van der Waals surface area contributed by atoms with Crippen LogP contribution < -0.4 is 10.0 Å². The zero-order chi connectivity index (χ0) is 16.8. The van der Waals surface area contributed by atoms with Gasteiger partial charge in [0.1, 0.15) is 5.69 Å². The number of carbonyl (C=O) groups excluding carboxylic acids is 2. The van der Waals surface area contributed by atoms with Gasteiger partial charge in [0.25, 0.3) is 11.6 Å². The monoisotopic (exact) mass is 317 g/mol. The van der Waals surface area contributed by atoms with Crippen molar-refractivity contribution in [1.82, 2.24) is 0 Å². The van der Waals surface area contributed by atoms with Gasteiger partial charge in [0.2, 0.25) is 0 Å². The molecule has 0 bridgehead atoms. The molecule has 0 fully saturated rings. The van der Waals surface area contributed by atoms with Crippen LogP contribution >= 0.6 is 0 Å². The van der Waals surface area contributed by atoms with E-state index in [1.165, 1.54) is 42.5 Å². The molecule has 2 rings (SSSR count). The molecule has 1 heterocycles. The van der Waals surface area contributed by atoms with Gasteiger partial charge in [0.05, 0.1) is 4.92 Å². The summed E-state index contributed by atoms with van der Waals surface area (Å²) in [6, 6.07) is 9.69. The van der Waals surface area contributed by atoms with Crippen molar-refractivity contribution in [3.63, 3.8) is 0 Å². The van der Waals surface area contributed by atoms with Crippen LogP contribution in [0.2, 0.25) is 0 Å². The van der Waals surface area contributed by atoms with Crippen LogP contribution in [0.4, 0.5) is 11.4 Å². The maximum absolute atomic E-state index is 11.7. The molecule has 23 heavy (non-hydrogen) atoms. The fraction of sp³-hybridized carbons (Fsp3) is 0.0714. The van der Waals surface area contributed by atoms with Gasteiger partial charge < -0.3 is 15.3 Å². The maximum Gasteiger partial charge on any atom is 0.405 e. The Hall–Kier alpha value is -3.49. The molecule has 9 heteroatoms. The fourth-order valence-electron chi connectivity index (χ4n) is 1.72. The van der Waals surface area contributed by atoms with E-state index >= 15 is 0 Å². The third-order valence-electron chi connectivity index (χ3n) is 2.74. The lowest BCUT2D eigenvalue weighted by Gasteiger charge is -2.07. The lowest BCUT2D eigenvalue weighted by Crippen LogP contribution is -2.35. The quantitative estimate of drug-likeness (QED) is 0.288. The zero-order valence-electron chi connectivity index (χ0n) is 11.7. The van der Waals surface area contributed by atoms with Gasteiger partial charge in [-0.05, 0) is 12.1 Å². The van der Waals surface area contributed by atoms with Crippen molar-refractivity contribution in [2.24, 2.45) is 0 Å². The number of nitrogens with one attached hydrogen (secondary N) is 1. The van der Waals surface area contributed by atoms with Gasteiger partial charge in [0, 0.05) is 18.2 Å². The van der Waals surface area contributed by atoms with Crippen molar-refractivity contribution in [2.75, 3.05) is 11.9 Å². The van der Waals surface area contributed by atoms with Gasteiger partial charge in [-0.25, -0.2) is 4.79 Å². The Bertz CT molecular complexity index is 762. The number of nitrogens with zero attached hydrogens (tertiary/aromatic N) is 2. The normalized spacial score (nSPS) is 9.91. The molecule has 1 N–H and O–H groups in total. The van der Waals surface area contributed by atoms with E-state index in [-0.39, 0.29) is 17.1 Å². The first-order chi connectivity index (χ1) is 11.0. The van der Waals surface area contributed by atoms with Crippen LogP contribution in [-0.4, -0.2) is 23.4 Å². The number of nitro groups is 1. The van der Waals surface area contributed by atoms with Crippen molar-refractivity contribution in [2.45, 2.75) is 0 Å². The van der Waals surface area contributed by atoms with Crippen molar-refractivity contribution in [3.05, 3.63) is 69.7 Å². The molecule has 0 saturated carbocycles. The second-order valence-electron chi connectivity index (χ2n) is 4.31. The van der Waals surface area contributed by atoms with Gasteiger partial charge in [-0.3, -0.25) is 14.9 Å². The molecule has 2 aromatic rings. The molecule has 1 amide bonds. The van der Waals surface area contributed by atoms with E-state index in [1.807, 2.05) is 0 Å². The molecule has 9 nitrogen and oxygen atoms in total. The van der Waals surface area contributed by atoms with Gasteiger partial charge in [-0.1, -0.05) is 12.1 Å². The Kier molecular flexibility index (Phi) is 4.82. The Morgan fingerprint density at radius 3 is 2.57 bits per heavy atom. The first kappa shape index (κ1) is 15.9. The highest BCUT2D eigenvalue weighted by Gasteiger charge is 2.19. The largest absolute Gasteiger partial charge is 0.618 e. The molecular formula is C14H11N3O6. The summed E-state index contributed by atoms with van der Waals surface area (Å²) in [5.74, 6) is -1.74. The average molecular weight is 317 g/mol. The Balaban J connectivity index is 1.97. The summed E-state index contributed by atoms with van der Waals surface area (Å²) in [5.41, 5.74) is -0.573. The van der Waals surface area contributed by atoms with E-state index < -0.39 is 23.4 Å². The highest BCUT2D eigenvalue weighted by molar-refractivity contribution is 5.96. The van der Waals surface area contributed by atoms with E-state index in [4.69, 9.17) is 4.74 Å². The minimum Gasteiger partial charge on any atom is -0.618 e. The minimum atomic E-state index is -0.974. The third kappa shape index (κ3) is 4.00. The number of benzene rings is 1. The number of hydrogen-bond donors (Lipinski definition) is 1. The lowest BCUT2D eigenvalue weighted by atomic mass is 10.2. The smallest absolute Gasteiger partial charge is 0.405 e. The number of ether oxygens (including phenoxy) is 1. The molecule has 118 valence electrons. The number of esters is 1. The van der Waals surface area contributed by atoms with Crippen LogP contribution in [0.1, 0.15) is 10.5 Å². The van der Waals surface area contributed by atoms with Crippen molar-refractivity contribution >= 4 is 23.3 Å². The number of nitro benzene ring substituents is 1. The number of pyridine rings is 1. The van der Waals surface area contributed by atoms with Crippen LogP contribution in [0.3, 0.4) is 0 Å². The number of amides is 1. The number of aromatic nitrogens is 1. The molecule has 0 aliphatic carbocycles. The molecular weight excluding hydrogens is 306 g/mol. The molecule has 0 saturated heterocycles. The van der Waals surface area contributed by atoms with E-state index in [0.717, 1.165) is 6.20 Å². The van der Waals surface area contributed by atoms with E-state index in [2.05, 4.69) is 5.32 Å². The summed E-state index contributed by atoms with van der Waals surface area (Å²) in [7, 11) is 0. The average Bonchev–Trinajstić information content (AvgIpc) is 2.53. The zero-order valence-corrected chi connectivity index (χ0v) is 11.7. The highest BCUT2D eigenvalue weighted by atomic mass is 16.6. The van der Waals surface area contributed by atoms with Crippen LogP contribution in [0.5, 0.6) is 0 Å². The fourth-order valence-corrected chi connectivity index (χ4v) is 1.72. The maximum atomic E-state index is 11.7. The molecule has 0 spiro atoms. The van der Waals surface area contributed by atoms with Gasteiger partial charge in [0.15, 0.2) is 12.8 Å². The number of anilines is 1. The number of hydrogen-bond acceptors (Lipinski definition) is 6. The summed E-state index contributed by atoms with van der Waals surface area (Å²) in [6.07, 6.45) is 1.12. The highest BCUT2D eigenvalue weighted by Crippen LogP contribution is 2.22. The molecule has 0 atom stereocenters. The van der Waals surface area contributed by atoms with Gasteiger partial charge in [-0.15, -0.1) is 0 Å². The first-order valence-corrected chi connectivity index (χ1v) is 6.37. The SMILES string of the molecule is O=C(COC(=O)c1cccc[n+]1[O-])Nc1ccccc1[N+](=O)[O-]. The van der Waals surface area contributed by atoms with E-state index in [9.17, 15) is 24.9 Å². The van der Waals surface area contributed by atoms with Crippen molar-refractivity contribution in [3.8, 4) is 0 Å². The molecule has 1 aromatic heterocycles. The molecule has 0 radical (unpaired) electrons. The van der Waals surface area contributed by atoms with Gasteiger partial charge >= 0.3 is 11.7 Å². The van der Waals surface area contributed by atoms with Crippen molar-refractivity contribution < 1.29 is 24.0 Å². The number of carbonyl (C=O) groups is 2. The summed E-state index contributed by atoms with van der Waals surface area (Å²) >= 11 is 0. The molecule has 0 unspecified atom stereocenters. The Labute approximate surface area is 129 Å². The third-order valence-corrected chi connectivity index (χ3v) is 2.74. The molecule has 1 aromatic carbocycles. The van der Waals surface area contributed by atoms with E-state index in [1.54, 1.807) is 0 Å². The second kappa shape index (κ2) is 6.98. The van der Waals surface area contributed by atoms with Crippen LogP contribution in [0.25, 0.3) is 0 Å². The predicted molar refractivity (Wildman–Crippen MR) is 77.4 cm³/mol. The van der Waals surface area contributed by atoms with Crippen LogP contribution in [-0.2, 0) is 9.53 Å². The predicted octanol–water partition coefficient (Wildman–Crippen LogP) is 1.02. The summed E-state index contributed by atoms with van der Waals surface area (Å²) in [6.45, 7) is -0.681. The minimum absolute atomic E-state index is 0.0165. The summed E-state index contributed by atoms with van der Waals surface area (Å²) in [4.78, 5) is 33.6. The molecule has 0 aliphatic rings. The number of para-hydroxylation sites is 2.